The summed E-state index contributed by atoms with van der Waals surface area (Å²) in [6.07, 6.45) is 6.14. The summed E-state index contributed by atoms with van der Waals surface area (Å²) in [7, 11) is 0. The zero-order valence-electron chi connectivity index (χ0n) is 14.6. The molecular formula is C21H27BrClNO. The van der Waals surface area contributed by atoms with E-state index in [1.165, 1.54) is 43.5 Å². The van der Waals surface area contributed by atoms with Crippen molar-refractivity contribution in [2.24, 2.45) is 0 Å². The van der Waals surface area contributed by atoms with Crippen LogP contribution in [0.4, 0.5) is 0 Å². The van der Waals surface area contributed by atoms with Crippen LogP contribution in [-0.4, -0.2) is 31.1 Å². The Morgan fingerprint density at radius 3 is 2.08 bits per heavy atom. The van der Waals surface area contributed by atoms with E-state index in [0.717, 1.165) is 36.8 Å². The first-order valence-electron chi connectivity index (χ1n) is 8.98. The van der Waals surface area contributed by atoms with Gasteiger partial charge in [0.05, 0.1) is 6.61 Å². The lowest BCUT2D eigenvalue weighted by Gasteiger charge is -2.26. The fourth-order valence-corrected chi connectivity index (χ4v) is 3.33. The number of rotatable bonds is 7. The van der Waals surface area contributed by atoms with E-state index in [2.05, 4.69) is 41.3 Å². The van der Waals surface area contributed by atoms with Gasteiger partial charge in [-0.1, -0.05) is 42.3 Å². The maximum absolute atomic E-state index is 5.93. The van der Waals surface area contributed by atoms with Gasteiger partial charge in [-0.25, -0.2) is 0 Å². The van der Waals surface area contributed by atoms with Crippen LogP contribution in [0, 0.1) is 0 Å². The minimum absolute atomic E-state index is 0. The Balaban J connectivity index is 0.00000225. The van der Waals surface area contributed by atoms with E-state index < -0.39 is 0 Å². The minimum atomic E-state index is 0. The topological polar surface area (TPSA) is 12.5 Å². The molecular weight excluding hydrogens is 398 g/mol. The van der Waals surface area contributed by atoms with Crippen LogP contribution in [0.5, 0.6) is 5.75 Å². The second-order valence-electron chi connectivity index (χ2n) is 6.55. The first-order chi connectivity index (χ1) is 11.8. The van der Waals surface area contributed by atoms with Crippen LogP contribution in [0.3, 0.4) is 0 Å². The van der Waals surface area contributed by atoms with Crippen LogP contribution < -0.4 is 4.74 Å². The molecule has 0 spiro atoms. The van der Waals surface area contributed by atoms with Crippen molar-refractivity contribution in [3.63, 3.8) is 0 Å². The van der Waals surface area contributed by atoms with E-state index in [9.17, 15) is 0 Å². The first-order valence-corrected chi connectivity index (χ1v) is 9.36. The monoisotopic (exact) mass is 423 g/mol. The molecule has 1 fully saturated rings. The summed E-state index contributed by atoms with van der Waals surface area (Å²) in [5.41, 5.74) is 2.56. The predicted octanol–water partition coefficient (Wildman–Crippen LogP) is 5.76. The largest absolute Gasteiger partial charge is 0.494 e. The van der Waals surface area contributed by atoms with Gasteiger partial charge in [0.25, 0.3) is 0 Å². The molecule has 2 aromatic carbocycles. The molecule has 1 aliphatic heterocycles. The summed E-state index contributed by atoms with van der Waals surface area (Å²) in [5.74, 6) is 0.966. The van der Waals surface area contributed by atoms with E-state index in [-0.39, 0.29) is 17.0 Å². The Bertz CT molecular complexity index is 609. The predicted molar refractivity (Wildman–Crippen MR) is 111 cm³/mol. The van der Waals surface area contributed by atoms with Crippen molar-refractivity contribution in [3.8, 4) is 5.75 Å². The summed E-state index contributed by atoms with van der Waals surface area (Å²) in [6, 6.07) is 16.5. The number of likely N-dealkylation sites (tertiary alicyclic amines) is 1. The lowest BCUT2D eigenvalue weighted by molar-refractivity contribution is 0.205. The van der Waals surface area contributed by atoms with Crippen LogP contribution in [0.2, 0.25) is 5.02 Å². The molecule has 136 valence electrons. The van der Waals surface area contributed by atoms with E-state index in [1.54, 1.807) is 0 Å². The maximum atomic E-state index is 5.93. The Hall–Kier alpha value is -1.03. The molecule has 0 aromatic heterocycles. The van der Waals surface area contributed by atoms with Crippen molar-refractivity contribution < 1.29 is 4.74 Å². The van der Waals surface area contributed by atoms with E-state index in [0.29, 0.717) is 0 Å². The Kier molecular flexibility index (Phi) is 8.80. The van der Waals surface area contributed by atoms with Gasteiger partial charge in [0.2, 0.25) is 0 Å². The SMILES string of the molecule is Br.Clc1ccc(Cc2ccc(OCCCN3CCCCC3)cc2)cc1. The Morgan fingerprint density at radius 2 is 1.44 bits per heavy atom. The average molecular weight is 425 g/mol. The van der Waals surface area contributed by atoms with Crippen LogP contribution in [-0.2, 0) is 6.42 Å². The fourth-order valence-electron chi connectivity index (χ4n) is 3.20. The highest BCUT2D eigenvalue weighted by Gasteiger charge is 2.09. The van der Waals surface area contributed by atoms with E-state index >= 15 is 0 Å². The number of hydrogen-bond donors (Lipinski definition) is 0. The van der Waals surface area contributed by atoms with Gasteiger partial charge < -0.3 is 9.64 Å². The number of nitrogens with zero attached hydrogens (tertiary/aromatic N) is 1. The van der Waals surface area contributed by atoms with Crippen molar-refractivity contribution in [1.82, 2.24) is 4.90 Å². The molecule has 1 heterocycles. The highest BCUT2D eigenvalue weighted by molar-refractivity contribution is 8.93. The Morgan fingerprint density at radius 1 is 0.840 bits per heavy atom. The third-order valence-electron chi connectivity index (χ3n) is 4.58. The van der Waals surface area contributed by atoms with Crippen molar-refractivity contribution in [2.75, 3.05) is 26.2 Å². The van der Waals surface area contributed by atoms with Crippen LogP contribution >= 0.6 is 28.6 Å². The van der Waals surface area contributed by atoms with Gasteiger partial charge >= 0.3 is 0 Å². The normalized spacial score (nSPS) is 14.8. The molecule has 1 saturated heterocycles. The minimum Gasteiger partial charge on any atom is -0.494 e. The molecule has 2 nitrogen and oxygen atoms in total. The van der Waals surface area contributed by atoms with Gasteiger partial charge in [-0.15, -0.1) is 17.0 Å². The molecule has 0 saturated carbocycles. The number of ether oxygens (including phenoxy) is 1. The molecule has 0 atom stereocenters. The van der Waals surface area contributed by atoms with Crippen LogP contribution in [0.25, 0.3) is 0 Å². The number of halogens is 2. The van der Waals surface area contributed by atoms with Crippen molar-refractivity contribution >= 4 is 28.6 Å². The second-order valence-corrected chi connectivity index (χ2v) is 6.99. The number of benzene rings is 2. The van der Waals surface area contributed by atoms with Crippen LogP contribution in [0.15, 0.2) is 48.5 Å². The van der Waals surface area contributed by atoms with Crippen LogP contribution in [0.1, 0.15) is 36.8 Å². The van der Waals surface area contributed by atoms with E-state index in [1.807, 2.05) is 12.1 Å². The average Bonchev–Trinajstić information content (AvgIpc) is 2.63. The highest BCUT2D eigenvalue weighted by atomic mass is 79.9. The van der Waals surface area contributed by atoms with Gasteiger partial charge in [-0.3, -0.25) is 0 Å². The number of piperidine rings is 1. The van der Waals surface area contributed by atoms with Crippen molar-refractivity contribution in [2.45, 2.75) is 32.1 Å². The summed E-state index contributed by atoms with van der Waals surface area (Å²) in [4.78, 5) is 2.56. The number of hydrogen-bond acceptors (Lipinski definition) is 2. The first kappa shape index (κ1) is 20.3. The Labute approximate surface area is 166 Å². The molecule has 0 radical (unpaired) electrons. The standard InChI is InChI=1S/C21H26ClNO.BrH/c22-20-9-5-18(6-10-20)17-19-7-11-21(12-8-19)24-16-4-15-23-13-2-1-3-14-23;/h5-12H,1-4,13-17H2;1H. The maximum Gasteiger partial charge on any atom is 0.119 e. The van der Waals surface area contributed by atoms with Gasteiger partial charge in [-0.2, -0.15) is 0 Å². The molecule has 0 amide bonds. The third-order valence-corrected chi connectivity index (χ3v) is 4.83. The second kappa shape index (κ2) is 10.8. The molecule has 3 rings (SSSR count). The zero-order chi connectivity index (χ0) is 16.6. The van der Waals surface area contributed by atoms with Gasteiger partial charge in [0, 0.05) is 11.6 Å². The molecule has 4 heteroatoms. The zero-order valence-corrected chi connectivity index (χ0v) is 17.1. The molecule has 1 aliphatic rings. The molecule has 0 bridgehead atoms. The van der Waals surface area contributed by atoms with Gasteiger partial charge in [0.1, 0.15) is 5.75 Å². The van der Waals surface area contributed by atoms with E-state index in [4.69, 9.17) is 16.3 Å². The molecule has 0 aliphatic carbocycles. The van der Waals surface area contributed by atoms with Crippen molar-refractivity contribution in [1.29, 1.82) is 0 Å². The summed E-state index contributed by atoms with van der Waals surface area (Å²) in [6.45, 7) is 4.49. The lowest BCUT2D eigenvalue weighted by Crippen LogP contribution is -2.31. The van der Waals surface area contributed by atoms with Gasteiger partial charge in [-0.05, 0) is 74.2 Å². The third kappa shape index (κ3) is 7.01. The summed E-state index contributed by atoms with van der Waals surface area (Å²) in [5, 5.41) is 0.784. The molecule has 2 aromatic rings. The van der Waals surface area contributed by atoms with Gasteiger partial charge in [0.15, 0.2) is 0 Å². The quantitative estimate of drug-likeness (QED) is 0.524. The molecule has 0 unspecified atom stereocenters. The van der Waals surface area contributed by atoms with Crippen molar-refractivity contribution in [3.05, 3.63) is 64.7 Å². The summed E-state index contributed by atoms with van der Waals surface area (Å²) >= 11 is 5.93. The smallest absolute Gasteiger partial charge is 0.119 e. The molecule has 0 N–H and O–H groups in total. The molecule has 25 heavy (non-hydrogen) atoms. The fraction of sp³-hybridized carbons (Fsp3) is 0.429. The highest BCUT2D eigenvalue weighted by Crippen LogP contribution is 2.17. The summed E-state index contributed by atoms with van der Waals surface area (Å²) < 4.78 is 5.87. The lowest BCUT2D eigenvalue weighted by atomic mass is 10.1.